The van der Waals surface area contributed by atoms with Gasteiger partial charge in [0.05, 0.1) is 30.0 Å². The number of morpholine rings is 1. The number of benzene rings is 2. The van der Waals surface area contributed by atoms with Crippen LogP contribution in [0.1, 0.15) is 28.3 Å². The smallest absolute Gasteiger partial charge is 0.378 e. The number of rotatable bonds is 5. The molecule has 7 nitrogen and oxygen atoms in total. The Morgan fingerprint density at radius 1 is 0.947 bits per heavy atom. The van der Waals surface area contributed by atoms with E-state index in [2.05, 4.69) is 21.2 Å². The van der Waals surface area contributed by atoms with Gasteiger partial charge in [0, 0.05) is 30.2 Å². The highest BCUT2D eigenvalue weighted by atomic mass is 19.4. The van der Waals surface area contributed by atoms with Gasteiger partial charge >= 0.3 is 6.18 Å². The fourth-order valence-corrected chi connectivity index (χ4v) is 4.69. The zero-order valence-electron chi connectivity index (χ0n) is 20.9. The molecule has 4 aromatic rings. The van der Waals surface area contributed by atoms with Gasteiger partial charge < -0.3 is 14.2 Å². The number of nitrogens with zero attached hydrogens (tertiary/aromatic N) is 6. The predicted octanol–water partition coefficient (Wildman–Crippen LogP) is 5.59. The van der Waals surface area contributed by atoms with Crippen molar-refractivity contribution in [1.29, 1.82) is 5.26 Å². The summed E-state index contributed by atoms with van der Waals surface area (Å²) in [6.45, 7) is 6.07. The van der Waals surface area contributed by atoms with Gasteiger partial charge in [-0.3, -0.25) is 4.57 Å². The first-order valence-electron chi connectivity index (χ1n) is 12.1. The van der Waals surface area contributed by atoms with E-state index in [0.29, 0.717) is 55.0 Å². The summed E-state index contributed by atoms with van der Waals surface area (Å²) in [6.07, 6.45) is -2.74. The summed E-state index contributed by atoms with van der Waals surface area (Å²) in [5, 5.41) is 19.0. The summed E-state index contributed by atoms with van der Waals surface area (Å²) in [7, 11) is 0. The van der Waals surface area contributed by atoms with E-state index in [1.807, 2.05) is 54.8 Å². The topological polar surface area (TPSA) is 71.9 Å². The lowest BCUT2D eigenvalue weighted by Gasteiger charge is -2.28. The molecule has 1 fully saturated rings. The van der Waals surface area contributed by atoms with Crippen LogP contribution in [0.25, 0.3) is 23.0 Å². The molecule has 0 aliphatic carbocycles. The van der Waals surface area contributed by atoms with Crippen LogP contribution in [0.2, 0.25) is 0 Å². The lowest BCUT2D eigenvalue weighted by molar-refractivity contribution is -0.137. The number of aromatic nitrogens is 4. The number of aryl methyl sites for hydroxylation is 1. The third kappa shape index (κ3) is 4.80. The van der Waals surface area contributed by atoms with E-state index in [1.54, 1.807) is 16.7 Å². The molecule has 0 saturated carbocycles. The van der Waals surface area contributed by atoms with Crippen molar-refractivity contribution in [2.75, 3.05) is 31.2 Å². The number of para-hydroxylation sites is 1. The molecule has 10 heteroatoms. The summed E-state index contributed by atoms with van der Waals surface area (Å²) in [4.78, 5) is 2.07. The largest absolute Gasteiger partial charge is 0.416 e. The van der Waals surface area contributed by atoms with E-state index in [-0.39, 0.29) is 5.57 Å². The number of hydrogen-bond acceptors (Lipinski definition) is 5. The Morgan fingerprint density at radius 3 is 2.34 bits per heavy atom. The second kappa shape index (κ2) is 10.2. The number of alkyl halides is 3. The molecular weight excluding hydrogens is 493 g/mol. The number of allylic oxidation sites excluding steroid dienone is 1. The van der Waals surface area contributed by atoms with Crippen LogP contribution in [0.15, 0.2) is 60.7 Å². The lowest BCUT2D eigenvalue weighted by atomic mass is 10.1. The van der Waals surface area contributed by atoms with Crippen molar-refractivity contribution in [3.8, 4) is 17.4 Å². The van der Waals surface area contributed by atoms with E-state index in [9.17, 15) is 18.4 Å². The SMILES string of the molecule is Cc1cc(/C=C(/C#N)c2nnc(N3CCOCC3)n2-c2ccccc2)c(C)n1-c1cccc(C(F)(F)F)c1. The predicted molar refractivity (Wildman–Crippen MR) is 138 cm³/mol. The molecule has 0 atom stereocenters. The number of nitriles is 1. The van der Waals surface area contributed by atoms with Crippen LogP contribution in [0, 0.1) is 25.2 Å². The van der Waals surface area contributed by atoms with Crippen molar-refractivity contribution in [1.82, 2.24) is 19.3 Å². The Hall–Kier alpha value is -4.36. The Labute approximate surface area is 218 Å². The van der Waals surface area contributed by atoms with Gasteiger partial charge in [0.1, 0.15) is 6.07 Å². The first-order valence-corrected chi connectivity index (χ1v) is 12.1. The molecule has 1 aliphatic rings. The summed E-state index contributed by atoms with van der Waals surface area (Å²) in [6, 6.07) is 18.9. The zero-order valence-corrected chi connectivity index (χ0v) is 20.9. The summed E-state index contributed by atoms with van der Waals surface area (Å²) in [5.74, 6) is 0.995. The summed E-state index contributed by atoms with van der Waals surface area (Å²) < 4.78 is 49.1. The molecule has 38 heavy (non-hydrogen) atoms. The summed E-state index contributed by atoms with van der Waals surface area (Å²) >= 11 is 0. The van der Waals surface area contributed by atoms with Gasteiger partial charge in [-0.15, -0.1) is 10.2 Å². The molecule has 5 rings (SSSR count). The highest BCUT2D eigenvalue weighted by Gasteiger charge is 2.31. The minimum atomic E-state index is -4.44. The molecule has 0 bridgehead atoms. The fourth-order valence-electron chi connectivity index (χ4n) is 4.69. The first-order chi connectivity index (χ1) is 18.3. The van der Waals surface area contributed by atoms with Crippen LogP contribution in [0.5, 0.6) is 0 Å². The van der Waals surface area contributed by atoms with Gasteiger partial charge in [-0.05, 0) is 61.9 Å². The molecule has 194 valence electrons. The van der Waals surface area contributed by atoms with Crippen molar-refractivity contribution in [2.24, 2.45) is 0 Å². The van der Waals surface area contributed by atoms with E-state index in [4.69, 9.17) is 4.74 Å². The normalized spacial score (nSPS) is 14.5. The maximum absolute atomic E-state index is 13.3. The maximum Gasteiger partial charge on any atom is 0.416 e. The van der Waals surface area contributed by atoms with Gasteiger partial charge in [-0.1, -0.05) is 24.3 Å². The molecule has 1 aliphatic heterocycles. The molecule has 0 N–H and O–H groups in total. The van der Waals surface area contributed by atoms with E-state index in [1.165, 1.54) is 6.07 Å². The monoisotopic (exact) mass is 518 g/mol. The van der Waals surface area contributed by atoms with Crippen molar-refractivity contribution < 1.29 is 17.9 Å². The average molecular weight is 519 g/mol. The van der Waals surface area contributed by atoms with Crippen molar-refractivity contribution >= 4 is 17.6 Å². The van der Waals surface area contributed by atoms with Crippen LogP contribution in [-0.2, 0) is 10.9 Å². The molecule has 2 aromatic carbocycles. The summed E-state index contributed by atoms with van der Waals surface area (Å²) in [5.41, 5.74) is 2.92. The van der Waals surface area contributed by atoms with E-state index in [0.717, 1.165) is 23.5 Å². The van der Waals surface area contributed by atoms with Crippen LogP contribution >= 0.6 is 0 Å². The maximum atomic E-state index is 13.3. The van der Waals surface area contributed by atoms with E-state index < -0.39 is 11.7 Å². The van der Waals surface area contributed by atoms with Gasteiger partial charge in [0.15, 0.2) is 5.82 Å². The molecule has 1 saturated heterocycles. The third-order valence-electron chi connectivity index (χ3n) is 6.52. The second-order valence-electron chi connectivity index (χ2n) is 8.97. The molecular formula is C28H25F3N6O. The molecule has 2 aromatic heterocycles. The Balaban J connectivity index is 1.60. The van der Waals surface area contributed by atoms with Crippen LogP contribution in [0.4, 0.5) is 19.1 Å². The number of halogens is 3. The Kier molecular flexibility index (Phi) is 6.78. The Morgan fingerprint density at radius 2 is 1.66 bits per heavy atom. The zero-order chi connectivity index (χ0) is 26.9. The quantitative estimate of drug-likeness (QED) is 0.322. The Bertz CT molecular complexity index is 1520. The molecule has 3 heterocycles. The van der Waals surface area contributed by atoms with Crippen molar-refractivity contribution in [2.45, 2.75) is 20.0 Å². The van der Waals surface area contributed by atoms with Gasteiger partial charge in [-0.25, -0.2) is 0 Å². The van der Waals surface area contributed by atoms with Gasteiger partial charge in [0.2, 0.25) is 5.95 Å². The highest BCUT2D eigenvalue weighted by Crippen LogP contribution is 2.32. The third-order valence-corrected chi connectivity index (χ3v) is 6.52. The van der Waals surface area contributed by atoms with Crippen LogP contribution in [0.3, 0.4) is 0 Å². The van der Waals surface area contributed by atoms with E-state index >= 15 is 0 Å². The lowest BCUT2D eigenvalue weighted by Crippen LogP contribution is -2.38. The van der Waals surface area contributed by atoms with Crippen LogP contribution < -0.4 is 4.90 Å². The average Bonchev–Trinajstić information content (AvgIpc) is 3.48. The highest BCUT2D eigenvalue weighted by molar-refractivity contribution is 5.89. The van der Waals surface area contributed by atoms with Crippen molar-refractivity contribution in [3.05, 3.63) is 89.0 Å². The second-order valence-corrected chi connectivity index (χ2v) is 8.97. The minimum Gasteiger partial charge on any atom is -0.378 e. The molecule has 0 unspecified atom stereocenters. The van der Waals surface area contributed by atoms with Gasteiger partial charge in [0.25, 0.3) is 0 Å². The number of ether oxygens (including phenoxy) is 1. The minimum absolute atomic E-state index is 0.283. The molecule has 0 spiro atoms. The number of hydrogen-bond donors (Lipinski definition) is 0. The fraction of sp³-hybridized carbons (Fsp3) is 0.250. The van der Waals surface area contributed by atoms with Crippen molar-refractivity contribution in [3.63, 3.8) is 0 Å². The standard InChI is InChI=1S/C28H25F3N6O/c1-19-15-21(20(2)36(19)25-10-6-7-23(17-25)28(29,30)31)16-22(18-32)26-33-34-27(35-11-13-38-14-12-35)37(26)24-8-4-3-5-9-24/h3-10,15-17H,11-14H2,1-2H3/b22-16-. The van der Waals surface area contributed by atoms with Crippen LogP contribution in [-0.4, -0.2) is 45.6 Å². The molecule has 0 amide bonds. The molecule has 0 radical (unpaired) electrons. The van der Waals surface area contributed by atoms with Gasteiger partial charge in [-0.2, -0.15) is 18.4 Å². The first kappa shape index (κ1) is 25.3. The number of anilines is 1.